The molecule has 1 aromatic carbocycles. The summed E-state index contributed by atoms with van der Waals surface area (Å²) in [6.07, 6.45) is 5.30. The Labute approximate surface area is 147 Å². The first-order valence-corrected chi connectivity index (χ1v) is 8.65. The van der Waals surface area contributed by atoms with Crippen molar-refractivity contribution in [2.45, 2.75) is 65.3 Å². The molecule has 0 saturated heterocycles. The van der Waals surface area contributed by atoms with Gasteiger partial charge in [-0.05, 0) is 64.2 Å². The summed E-state index contributed by atoms with van der Waals surface area (Å²) in [7, 11) is 1.65. The molecule has 0 saturated carbocycles. The number of allylic oxidation sites excluding steroid dienone is 2. The van der Waals surface area contributed by atoms with Crippen LogP contribution in [-0.4, -0.2) is 24.4 Å². The molecule has 0 aliphatic carbocycles. The van der Waals surface area contributed by atoms with E-state index in [0.717, 1.165) is 30.6 Å². The molecule has 0 aliphatic heterocycles. The minimum atomic E-state index is -0.487. The first-order valence-electron chi connectivity index (χ1n) is 8.65. The van der Waals surface area contributed by atoms with E-state index in [1.807, 2.05) is 31.2 Å². The van der Waals surface area contributed by atoms with Gasteiger partial charge in [0.25, 0.3) is 0 Å². The van der Waals surface area contributed by atoms with Crippen LogP contribution in [0.15, 0.2) is 48.1 Å². The molecule has 0 bridgehead atoms. The number of hydrogen-bond acceptors (Lipinski definition) is 3. The summed E-state index contributed by atoms with van der Waals surface area (Å²) in [4.78, 5) is 0. The molecular formula is C21H32O3. The van der Waals surface area contributed by atoms with Gasteiger partial charge in [-0.25, -0.2) is 0 Å². The topological polar surface area (TPSA) is 38.7 Å². The minimum absolute atomic E-state index is 0.202. The van der Waals surface area contributed by atoms with Crippen LogP contribution in [0.4, 0.5) is 0 Å². The summed E-state index contributed by atoms with van der Waals surface area (Å²) in [5, 5.41) is 10.2. The fourth-order valence-electron chi connectivity index (χ4n) is 2.35. The highest BCUT2D eigenvalue weighted by atomic mass is 16.5. The molecule has 0 heterocycles. The Bertz CT molecular complexity index is 516. The van der Waals surface area contributed by atoms with Crippen molar-refractivity contribution in [2.75, 3.05) is 7.11 Å². The van der Waals surface area contributed by atoms with E-state index < -0.39 is 6.10 Å². The molecule has 0 fully saturated rings. The quantitative estimate of drug-likeness (QED) is 0.577. The number of aliphatic hydroxyl groups excluding tert-OH is 1. The molecule has 134 valence electrons. The van der Waals surface area contributed by atoms with Crippen molar-refractivity contribution < 1.29 is 14.6 Å². The van der Waals surface area contributed by atoms with Crippen LogP contribution in [0.25, 0.3) is 0 Å². The van der Waals surface area contributed by atoms with Gasteiger partial charge < -0.3 is 14.6 Å². The second kappa shape index (κ2) is 11.1. The summed E-state index contributed by atoms with van der Waals surface area (Å²) < 4.78 is 10.9. The minimum Gasteiger partial charge on any atom is -0.497 e. The molecule has 1 aromatic rings. The van der Waals surface area contributed by atoms with Crippen LogP contribution < -0.4 is 4.74 Å². The van der Waals surface area contributed by atoms with Crippen LogP contribution >= 0.6 is 0 Å². The summed E-state index contributed by atoms with van der Waals surface area (Å²) in [5.41, 5.74) is 3.61. The standard InChI is InChI=1S/C21H32O3/c1-16(2)7-6-8-17(3)9-14-21(22)18(4)24-15-19-10-12-20(23-5)13-11-19/h9-13,18,21-22H,1,6-8,14-15H2,2-5H3/t18-,21+/m1/s1. The summed E-state index contributed by atoms with van der Waals surface area (Å²) in [5.74, 6) is 0.832. The lowest BCUT2D eigenvalue weighted by Gasteiger charge is -2.19. The van der Waals surface area contributed by atoms with E-state index in [9.17, 15) is 5.11 Å². The van der Waals surface area contributed by atoms with Crippen molar-refractivity contribution in [1.82, 2.24) is 0 Å². The second-order valence-corrected chi connectivity index (χ2v) is 6.53. The van der Waals surface area contributed by atoms with E-state index in [0.29, 0.717) is 13.0 Å². The molecule has 0 spiro atoms. The predicted molar refractivity (Wildman–Crippen MR) is 100 cm³/mol. The Morgan fingerprint density at radius 1 is 1.21 bits per heavy atom. The fraction of sp³-hybridized carbons (Fsp3) is 0.524. The van der Waals surface area contributed by atoms with E-state index in [1.54, 1.807) is 7.11 Å². The normalized spacial score (nSPS) is 14.3. The van der Waals surface area contributed by atoms with E-state index >= 15 is 0 Å². The zero-order valence-corrected chi connectivity index (χ0v) is 15.5. The van der Waals surface area contributed by atoms with E-state index in [2.05, 4.69) is 26.5 Å². The molecule has 1 rings (SSSR count). The van der Waals surface area contributed by atoms with Crippen LogP contribution in [0.2, 0.25) is 0 Å². The monoisotopic (exact) mass is 332 g/mol. The molecule has 1 N–H and O–H groups in total. The van der Waals surface area contributed by atoms with Gasteiger partial charge in [0.05, 0.1) is 25.9 Å². The van der Waals surface area contributed by atoms with Gasteiger partial charge in [0.1, 0.15) is 5.75 Å². The average Bonchev–Trinajstić information content (AvgIpc) is 2.57. The predicted octanol–water partition coefficient (Wildman–Crippen LogP) is 5.04. The summed E-state index contributed by atoms with van der Waals surface area (Å²) in [6, 6.07) is 7.78. The fourth-order valence-corrected chi connectivity index (χ4v) is 2.35. The van der Waals surface area contributed by atoms with Gasteiger partial charge in [0.2, 0.25) is 0 Å². The number of benzene rings is 1. The average molecular weight is 332 g/mol. The molecular weight excluding hydrogens is 300 g/mol. The number of ether oxygens (including phenoxy) is 2. The Hall–Kier alpha value is -1.58. The largest absolute Gasteiger partial charge is 0.497 e. The first kappa shape index (κ1) is 20.5. The van der Waals surface area contributed by atoms with Crippen LogP contribution in [0, 0.1) is 0 Å². The zero-order valence-electron chi connectivity index (χ0n) is 15.5. The van der Waals surface area contributed by atoms with Crippen LogP contribution in [-0.2, 0) is 11.3 Å². The summed E-state index contributed by atoms with van der Waals surface area (Å²) in [6.45, 7) is 10.5. The molecule has 0 amide bonds. The Morgan fingerprint density at radius 3 is 2.46 bits per heavy atom. The van der Waals surface area contributed by atoms with Gasteiger partial charge in [0.15, 0.2) is 0 Å². The third-order valence-corrected chi connectivity index (χ3v) is 4.10. The Kier molecular flexibility index (Phi) is 9.43. The SMILES string of the molecule is C=C(C)CCCC(C)=CC[C@H](O)[C@@H](C)OCc1ccc(OC)cc1. The van der Waals surface area contributed by atoms with Gasteiger partial charge in [-0.1, -0.05) is 29.4 Å². The maximum atomic E-state index is 10.2. The van der Waals surface area contributed by atoms with E-state index in [-0.39, 0.29) is 6.10 Å². The van der Waals surface area contributed by atoms with Crippen molar-refractivity contribution in [3.05, 3.63) is 53.6 Å². The highest BCUT2D eigenvalue weighted by Gasteiger charge is 2.13. The first-order chi connectivity index (χ1) is 11.4. The van der Waals surface area contributed by atoms with E-state index in [1.165, 1.54) is 11.1 Å². The lowest BCUT2D eigenvalue weighted by atomic mass is 10.0. The van der Waals surface area contributed by atoms with Crippen molar-refractivity contribution in [1.29, 1.82) is 0 Å². The highest BCUT2D eigenvalue weighted by Crippen LogP contribution is 2.15. The van der Waals surface area contributed by atoms with Crippen molar-refractivity contribution >= 4 is 0 Å². The third-order valence-electron chi connectivity index (χ3n) is 4.10. The molecule has 0 aromatic heterocycles. The Balaban J connectivity index is 2.32. The van der Waals surface area contributed by atoms with Gasteiger partial charge in [0, 0.05) is 0 Å². The van der Waals surface area contributed by atoms with Gasteiger partial charge in [-0.15, -0.1) is 6.58 Å². The van der Waals surface area contributed by atoms with Gasteiger partial charge in [-0.3, -0.25) is 0 Å². The lowest BCUT2D eigenvalue weighted by molar-refractivity contribution is -0.0334. The van der Waals surface area contributed by atoms with Gasteiger partial charge >= 0.3 is 0 Å². The molecule has 0 radical (unpaired) electrons. The molecule has 2 atom stereocenters. The second-order valence-electron chi connectivity index (χ2n) is 6.53. The van der Waals surface area contributed by atoms with Crippen molar-refractivity contribution in [3.63, 3.8) is 0 Å². The number of hydrogen-bond donors (Lipinski definition) is 1. The third kappa shape index (κ3) is 8.32. The summed E-state index contributed by atoms with van der Waals surface area (Å²) >= 11 is 0. The number of aliphatic hydroxyl groups is 1. The van der Waals surface area contributed by atoms with Crippen LogP contribution in [0.3, 0.4) is 0 Å². The molecule has 3 nitrogen and oxygen atoms in total. The highest BCUT2D eigenvalue weighted by molar-refractivity contribution is 5.26. The van der Waals surface area contributed by atoms with Crippen molar-refractivity contribution in [2.24, 2.45) is 0 Å². The lowest BCUT2D eigenvalue weighted by Crippen LogP contribution is -2.25. The molecule has 3 heteroatoms. The van der Waals surface area contributed by atoms with Crippen LogP contribution in [0.5, 0.6) is 5.75 Å². The maximum Gasteiger partial charge on any atom is 0.118 e. The molecule has 0 aliphatic rings. The maximum absolute atomic E-state index is 10.2. The number of rotatable bonds is 11. The Morgan fingerprint density at radius 2 is 1.88 bits per heavy atom. The van der Waals surface area contributed by atoms with Crippen LogP contribution in [0.1, 0.15) is 52.0 Å². The van der Waals surface area contributed by atoms with E-state index in [4.69, 9.17) is 9.47 Å². The molecule has 24 heavy (non-hydrogen) atoms. The molecule has 0 unspecified atom stereocenters. The smallest absolute Gasteiger partial charge is 0.118 e. The van der Waals surface area contributed by atoms with Gasteiger partial charge in [-0.2, -0.15) is 0 Å². The zero-order chi connectivity index (χ0) is 17.9. The van der Waals surface area contributed by atoms with Crippen molar-refractivity contribution in [3.8, 4) is 5.75 Å². The number of methoxy groups -OCH3 is 1.